The second-order valence-electron chi connectivity index (χ2n) is 18.5. The second kappa shape index (κ2) is 29.1. The van der Waals surface area contributed by atoms with Crippen molar-refractivity contribution in [1.82, 2.24) is 0 Å². The summed E-state index contributed by atoms with van der Waals surface area (Å²) in [6.45, 7) is 27.7. The highest BCUT2D eigenvalue weighted by Gasteiger charge is 2.50. The maximum absolute atomic E-state index is 11.5. The first-order valence-corrected chi connectivity index (χ1v) is 22.7. The average Bonchev–Trinajstić information content (AvgIpc) is 3.15. The lowest BCUT2D eigenvalue weighted by Crippen LogP contribution is -2.54. The summed E-state index contributed by atoms with van der Waals surface area (Å²) in [5.41, 5.74) is 0.813. The lowest BCUT2D eigenvalue weighted by molar-refractivity contribution is -0.201. The highest BCUT2D eigenvalue weighted by atomic mass is 16.6. The van der Waals surface area contributed by atoms with Gasteiger partial charge in [-0.05, 0) is 56.4 Å². The van der Waals surface area contributed by atoms with E-state index in [0.717, 1.165) is 5.57 Å². The molecule has 0 aromatic heterocycles. The Morgan fingerprint density at radius 2 is 0.926 bits per heavy atom. The molecule has 0 spiro atoms. The third kappa shape index (κ3) is 21.9. The van der Waals surface area contributed by atoms with Gasteiger partial charge in [0.15, 0.2) is 18.3 Å². The predicted octanol–water partition coefficient (Wildman–Crippen LogP) is 6.50. The van der Waals surface area contributed by atoms with E-state index in [1.54, 1.807) is 6.08 Å². The Balaban J connectivity index is 0.000000985. The molecular weight excluding hydrogens is 893 g/mol. The Hall–Kier alpha value is -5.07. The van der Waals surface area contributed by atoms with E-state index in [4.69, 9.17) is 47.4 Å². The zero-order chi connectivity index (χ0) is 51.7. The molecular formula is C49H80O19. The van der Waals surface area contributed by atoms with Crippen LogP contribution in [-0.4, -0.2) is 121 Å². The lowest BCUT2D eigenvalue weighted by Gasteiger charge is -2.47. The van der Waals surface area contributed by atoms with Gasteiger partial charge in [-0.3, -0.25) is 43.2 Å². The van der Waals surface area contributed by atoms with Crippen LogP contribution in [0.15, 0.2) is 11.6 Å². The zero-order valence-electron chi connectivity index (χ0n) is 42.5. The largest absolute Gasteiger partial charge is 0.465 e. The first-order valence-electron chi connectivity index (χ1n) is 22.7. The molecule has 390 valence electrons. The summed E-state index contributed by atoms with van der Waals surface area (Å²) < 4.78 is 53.6. The number of carbonyl (C=O) groups is 9. The van der Waals surface area contributed by atoms with Crippen LogP contribution in [0.3, 0.4) is 0 Å². The molecule has 0 radical (unpaired) electrons. The molecule has 0 heterocycles. The smallest absolute Gasteiger partial charge is 0.303 e. The van der Waals surface area contributed by atoms with Crippen LogP contribution in [0.5, 0.6) is 0 Å². The summed E-state index contributed by atoms with van der Waals surface area (Å²) in [4.78, 5) is 102. The number of rotatable bonds is 14. The molecule has 3 aliphatic carbocycles. The van der Waals surface area contributed by atoms with E-state index < -0.39 is 103 Å². The van der Waals surface area contributed by atoms with Crippen molar-refractivity contribution in [2.45, 2.75) is 212 Å². The Labute approximate surface area is 402 Å². The van der Waals surface area contributed by atoms with Crippen LogP contribution in [0.1, 0.15) is 151 Å². The van der Waals surface area contributed by atoms with Gasteiger partial charge in [-0.15, -0.1) is 0 Å². The Morgan fingerprint density at radius 3 is 1.31 bits per heavy atom. The topological polar surface area (TPSA) is 246 Å². The summed E-state index contributed by atoms with van der Waals surface area (Å²) in [5.74, 6) is -4.17. The van der Waals surface area contributed by atoms with Crippen LogP contribution < -0.4 is 0 Å². The SMILES string of the molecule is C.CC(=O)OC1[C@H](OC(C)=O)CC(C)(C(C)C)C[C@H]1OC(C)=O.CC(=O)OC[C@@H]1C[C@@H](OC(C)C)[C@H](C)[C@H](OC(C)=O)[C@H]1OC(C)=O.CC(=O)O[C@@H]1[C@H](OC(C)=O)C=C(C(C)C)C[C@H]1OC(C)=O. The molecule has 10 atom stereocenters. The molecule has 2 saturated carbocycles. The number of carbonyl (C=O) groups excluding carboxylic acids is 9. The van der Waals surface area contributed by atoms with E-state index in [1.807, 2.05) is 34.6 Å². The fourth-order valence-corrected chi connectivity index (χ4v) is 8.31. The molecule has 3 aliphatic rings. The third-order valence-corrected chi connectivity index (χ3v) is 11.5. The van der Waals surface area contributed by atoms with Gasteiger partial charge in [0.2, 0.25) is 0 Å². The minimum absolute atomic E-state index is 0. The maximum atomic E-state index is 11.5. The van der Waals surface area contributed by atoms with Crippen molar-refractivity contribution in [1.29, 1.82) is 0 Å². The van der Waals surface area contributed by atoms with Crippen molar-refractivity contribution >= 4 is 53.7 Å². The molecule has 0 amide bonds. The molecule has 2 fully saturated rings. The Bertz CT molecular complexity index is 1720. The summed E-state index contributed by atoms with van der Waals surface area (Å²) >= 11 is 0. The third-order valence-electron chi connectivity index (χ3n) is 11.5. The zero-order valence-corrected chi connectivity index (χ0v) is 42.5. The molecule has 0 saturated heterocycles. The van der Waals surface area contributed by atoms with E-state index in [2.05, 4.69) is 20.8 Å². The van der Waals surface area contributed by atoms with Crippen LogP contribution in [-0.2, 0) is 90.5 Å². The van der Waals surface area contributed by atoms with Gasteiger partial charge in [-0.1, -0.05) is 54.5 Å². The average molecular weight is 973 g/mol. The number of hydrogen-bond acceptors (Lipinski definition) is 19. The quantitative estimate of drug-likeness (QED) is 0.102. The molecule has 68 heavy (non-hydrogen) atoms. The molecule has 19 heteroatoms. The fourth-order valence-electron chi connectivity index (χ4n) is 8.31. The molecule has 0 aromatic carbocycles. The van der Waals surface area contributed by atoms with E-state index in [9.17, 15) is 43.2 Å². The van der Waals surface area contributed by atoms with Crippen molar-refractivity contribution in [3.63, 3.8) is 0 Å². The van der Waals surface area contributed by atoms with Crippen molar-refractivity contribution in [2.75, 3.05) is 6.61 Å². The maximum Gasteiger partial charge on any atom is 0.303 e. The summed E-state index contributed by atoms with van der Waals surface area (Å²) in [5, 5.41) is 0. The van der Waals surface area contributed by atoms with Crippen LogP contribution in [0, 0.1) is 29.1 Å². The molecule has 0 aromatic rings. The van der Waals surface area contributed by atoms with E-state index in [1.165, 1.54) is 62.3 Å². The lowest BCUT2D eigenvalue weighted by atomic mass is 9.65. The van der Waals surface area contributed by atoms with Gasteiger partial charge >= 0.3 is 53.7 Å². The van der Waals surface area contributed by atoms with Gasteiger partial charge in [0, 0.05) is 80.6 Å². The monoisotopic (exact) mass is 973 g/mol. The Morgan fingerprint density at radius 1 is 0.529 bits per heavy atom. The first kappa shape index (κ1) is 62.9. The van der Waals surface area contributed by atoms with Crippen molar-refractivity contribution in [2.24, 2.45) is 29.1 Å². The highest BCUT2D eigenvalue weighted by molar-refractivity contribution is 5.70. The minimum atomic E-state index is -0.821. The fraction of sp³-hybridized carbons (Fsp3) is 0.776. The van der Waals surface area contributed by atoms with Gasteiger partial charge in [0.25, 0.3) is 0 Å². The predicted molar refractivity (Wildman–Crippen MR) is 245 cm³/mol. The number of ether oxygens (including phenoxy) is 10. The molecule has 0 N–H and O–H groups in total. The van der Waals surface area contributed by atoms with Crippen molar-refractivity contribution in [3.05, 3.63) is 11.6 Å². The van der Waals surface area contributed by atoms with Crippen LogP contribution in [0.4, 0.5) is 0 Å². The van der Waals surface area contributed by atoms with Crippen LogP contribution in [0.25, 0.3) is 0 Å². The molecule has 0 unspecified atom stereocenters. The van der Waals surface area contributed by atoms with Gasteiger partial charge < -0.3 is 47.4 Å². The van der Waals surface area contributed by atoms with Gasteiger partial charge in [-0.2, -0.15) is 0 Å². The molecule has 0 aliphatic heterocycles. The van der Waals surface area contributed by atoms with Crippen LogP contribution >= 0.6 is 0 Å². The second-order valence-corrected chi connectivity index (χ2v) is 18.5. The van der Waals surface area contributed by atoms with Crippen molar-refractivity contribution in [3.8, 4) is 0 Å². The van der Waals surface area contributed by atoms with Gasteiger partial charge in [0.1, 0.15) is 30.5 Å². The minimum Gasteiger partial charge on any atom is -0.465 e. The first-order chi connectivity index (χ1) is 30.9. The molecule has 0 bridgehead atoms. The standard InChI is InChI=1S/C17H28O7.C16H26O6.C15H22O6.CH4/c1-9(2)22-15-7-14(8-21-11(4)18)17(24-13(6)20)16(10(15)3)23-12(5)19;1-9(2)16(6)7-13(20-10(3)17)15(22-12(5)19)14(8-16)21-11(4)18;1-8(2)12-6-13(19-9(3)16)15(21-11(5)18)14(7-12)20-10(4)17;/h9-10,14-17H,7-8H2,1-6H3;9,13-15H,7-8H2,1-6H3;6,8,13-15H,7H2,1-5H3;1H4/t10-,14-,15+,16-,17-;13-,14-,15?,16?;13-,14-,15-;/m011./s1. The summed E-state index contributed by atoms with van der Waals surface area (Å²) in [6.07, 6.45) is -1.86. The summed E-state index contributed by atoms with van der Waals surface area (Å²) in [7, 11) is 0. The Kier molecular flexibility index (Phi) is 26.9. The van der Waals surface area contributed by atoms with Crippen LogP contribution in [0.2, 0.25) is 0 Å². The summed E-state index contributed by atoms with van der Waals surface area (Å²) in [6, 6.07) is 0. The molecule has 19 nitrogen and oxygen atoms in total. The van der Waals surface area contributed by atoms with E-state index >= 15 is 0 Å². The number of hydrogen-bond donors (Lipinski definition) is 0. The van der Waals surface area contributed by atoms with Gasteiger partial charge in [0.05, 0.1) is 18.8 Å². The molecule has 3 rings (SSSR count). The van der Waals surface area contributed by atoms with E-state index in [0.29, 0.717) is 31.6 Å². The highest BCUT2D eigenvalue weighted by Crippen LogP contribution is 2.45. The normalized spacial score (nSPS) is 28.5. The van der Waals surface area contributed by atoms with Crippen molar-refractivity contribution < 1.29 is 90.5 Å². The van der Waals surface area contributed by atoms with E-state index in [-0.39, 0.29) is 49.4 Å². The number of esters is 9. The van der Waals surface area contributed by atoms with Gasteiger partial charge in [-0.25, -0.2) is 0 Å².